The average Bonchev–Trinajstić information content (AvgIpc) is 2.18. The minimum Gasteiger partial charge on any atom is -0.399 e. The van der Waals surface area contributed by atoms with E-state index in [-0.39, 0.29) is 0 Å². The summed E-state index contributed by atoms with van der Waals surface area (Å²) >= 11 is 0. The maximum Gasteiger partial charge on any atom is 0.0346 e. The third-order valence-corrected chi connectivity index (χ3v) is 2.66. The molecule has 0 aliphatic rings. The van der Waals surface area contributed by atoms with E-state index in [0.717, 1.165) is 5.69 Å². The van der Waals surface area contributed by atoms with Crippen LogP contribution in [0.5, 0.6) is 0 Å². The molecule has 0 saturated heterocycles. The molecule has 0 heterocycles. The summed E-state index contributed by atoms with van der Waals surface area (Å²) in [4.78, 5) is 0. The monoisotopic (exact) mass is 191 g/mol. The van der Waals surface area contributed by atoms with Gasteiger partial charge in [0.1, 0.15) is 0 Å². The van der Waals surface area contributed by atoms with Crippen LogP contribution in [0.4, 0.5) is 5.69 Å². The summed E-state index contributed by atoms with van der Waals surface area (Å²) in [5.74, 6) is 0. The first kappa shape index (κ1) is 11.1. The summed E-state index contributed by atoms with van der Waals surface area (Å²) in [6.07, 6.45) is 6.45. The Bertz CT molecular complexity index is 279. The molecule has 0 radical (unpaired) electrons. The predicted molar refractivity (Wildman–Crippen MR) is 63.4 cm³/mol. The predicted octanol–water partition coefficient (Wildman–Crippen LogP) is 3.70. The topological polar surface area (TPSA) is 26.0 Å². The Kier molecular flexibility index (Phi) is 4.51. The van der Waals surface area contributed by atoms with Crippen molar-refractivity contribution in [3.05, 3.63) is 29.3 Å². The molecule has 0 saturated carbocycles. The molecule has 1 aromatic carbocycles. The Labute approximate surface area is 87.3 Å². The van der Waals surface area contributed by atoms with Gasteiger partial charge in [0.05, 0.1) is 0 Å². The van der Waals surface area contributed by atoms with Crippen molar-refractivity contribution < 1.29 is 0 Å². The number of nitrogen functional groups attached to an aromatic ring is 1. The molecule has 0 spiro atoms. The summed E-state index contributed by atoms with van der Waals surface area (Å²) in [5.41, 5.74) is 9.34. The van der Waals surface area contributed by atoms with Crippen molar-refractivity contribution in [3.63, 3.8) is 0 Å². The first-order valence-electron chi connectivity index (χ1n) is 5.59. The van der Waals surface area contributed by atoms with E-state index in [1.807, 2.05) is 0 Å². The zero-order valence-electron chi connectivity index (χ0n) is 9.34. The van der Waals surface area contributed by atoms with Gasteiger partial charge >= 0.3 is 0 Å². The van der Waals surface area contributed by atoms with Crippen LogP contribution in [-0.4, -0.2) is 0 Å². The standard InChI is InChI=1S/C13H21N/c1-3-4-5-6-7-12-9-8-11(2)13(14)10-12/h8-10H,3-7,14H2,1-2H3. The van der Waals surface area contributed by atoms with Gasteiger partial charge in [0.2, 0.25) is 0 Å². The van der Waals surface area contributed by atoms with Crippen molar-refractivity contribution in [1.82, 2.24) is 0 Å². The molecule has 0 atom stereocenters. The third-order valence-electron chi connectivity index (χ3n) is 2.66. The van der Waals surface area contributed by atoms with E-state index in [4.69, 9.17) is 5.73 Å². The van der Waals surface area contributed by atoms with Crippen molar-refractivity contribution in [1.29, 1.82) is 0 Å². The van der Waals surface area contributed by atoms with E-state index >= 15 is 0 Å². The van der Waals surface area contributed by atoms with Gasteiger partial charge in [0, 0.05) is 5.69 Å². The van der Waals surface area contributed by atoms with Crippen molar-refractivity contribution in [2.45, 2.75) is 46.0 Å². The summed E-state index contributed by atoms with van der Waals surface area (Å²) in [7, 11) is 0. The lowest BCUT2D eigenvalue weighted by molar-refractivity contribution is 0.667. The lowest BCUT2D eigenvalue weighted by atomic mass is 10.0. The smallest absolute Gasteiger partial charge is 0.0346 e. The number of hydrogen-bond donors (Lipinski definition) is 1. The zero-order chi connectivity index (χ0) is 10.4. The van der Waals surface area contributed by atoms with E-state index in [2.05, 4.69) is 32.0 Å². The second kappa shape index (κ2) is 5.69. The molecule has 1 heteroatoms. The second-order valence-electron chi connectivity index (χ2n) is 4.00. The van der Waals surface area contributed by atoms with E-state index in [0.29, 0.717) is 0 Å². The highest BCUT2D eigenvalue weighted by atomic mass is 14.5. The number of unbranched alkanes of at least 4 members (excludes halogenated alkanes) is 3. The highest BCUT2D eigenvalue weighted by molar-refractivity contribution is 5.48. The summed E-state index contributed by atoms with van der Waals surface area (Å²) in [6, 6.07) is 6.42. The molecule has 0 fully saturated rings. The summed E-state index contributed by atoms with van der Waals surface area (Å²) in [6.45, 7) is 4.29. The van der Waals surface area contributed by atoms with Crippen LogP contribution in [0.25, 0.3) is 0 Å². The Morgan fingerprint density at radius 1 is 1.14 bits per heavy atom. The van der Waals surface area contributed by atoms with E-state index in [9.17, 15) is 0 Å². The minimum atomic E-state index is 0.929. The number of rotatable bonds is 5. The van der Waals surface area contributed by atoms with Crippen molar-refractivity contribution in [2.75, 3.05) is 5.73 Å². The van der Waals surface area contributed by atoms with Gasteiger partial charge in [-0.05, 0) is 37.0 Å². The van der Waals surface area contributed by atoms with Gasteiger partial charge in [0.15, 0.2) is 0 Å². The van der Waals surface area contributed by atoms with E-state index in [1.165, 1.54) is 43.2 Å². The molecule has 0 aliphatic heterocycles. The largest absolute Gasteiger partial charge is 0.399 e. The van der Waals surface area contributed by atoms with E-state index < -0.39 is 0 Å². The number of benzene rings is 1. The maximum absolute atomic E-state index is 5.85. The molecule has 1 rings (SSSR count). The van der Waals surface area contributed by atoms with Crippen LogP contribution in [0.15, 0.2) is 18.2 Å². The fourth-order valence-corrected chi connectivity index (χ4v) is 1.60. The van der Waals surface area contributed by atoms with Gasteiger partial charge in [-0.15, -0.1) is 0 Å². The summed E-state index contributed by atoms with van der Waals surface area (Å²) < 4.78 is 0. The molecule has 2 N–H and O–H groups in total. The Balaban J connectivity index is 2.39. The fraction of sp³-hybridized carbons (Fsp3) is 0.538. The molecule has 0 amide bonds. The van der Waals surface area contributed by atoms with Gasteiger partial charge in [-0.2, -0.15) is 0 Å². The second-order valence-corrected chi connectivity index (χ2v) is 4.00. The molecule has 1 aromatic rings. The van der Waals surface area contributed by atoms with Crippen LogP contribution in [-0.2, 0) is 6.42 Å². The number of anilines is 1. The molecule has 0 unspecified atom stereocenters. The third kappa shape index (κ3) is 3.41. The fourth-order valence-electron chi connectivity index (χ4n) is 1.60. The first-order valence-corrected chi connectivity index (χ1v) is 5.59. The van der Waals surface area contributed by atoms with Crippen LogP contribution in [0.2, 0.25) is 0 Å². The van der Waals surface area contributed by atoms with Gasteiger partial charge in [-0.1, -0.05) is 38.3 Å². The van der Waals surface area contributed by atoms with Crippen LogP contribution in [0.1, 0.15) is 43.7 Å². The highest BCUT2D eigenvalue weighted by Gasteiger charge is 1.96. The Morgan fingerprint density at radius 3 is 2.57 bits per heavy atom. The molecule has 0 aliphatic carbocycles. The highest BCUT2D eigenvalue weighted by Crippen LogP contribution is 2.15. The Hall–Kier alpha value is -0.980. The maximum atomic E-state index is 5.85. The van der Waals surface area contributed by atoms with Gasteiger partial charge < -0.3 is 5.73 Å². The molecular weight excluding hydrogens is 170 g/mol. The minimum absolute atomic E-state index is 0.929. The van der Waals surface area contributed by atoms with Crippen molar-refractivity contribution in [3.8, 4) is 0 Å². The molecule has 1 nitrogen and oxygen atoms in total. The number of nitrogens with two attached hydrogens (primary N) is 1. The SMILES string of the molecule is CCCCCCc1ccc(C)c(N)c1. The molecule has 0 aromatic heterocycles. The van der Waals surface area contributed by atoms with Gasteiger partial charge in [-0.3, -0.25) is 0 Å². The lowest BCUT2D eigenvalue weighted by Crippen LogP contribution is -1.92. The molecule has 0 bridgehead atoms. The number of aryl methyl sites for hydroxylation is 2. The van der Waals surface area contributed by atoms with Gasteiger partial charge in [-0.25, -0.2) is 0 Å². The van der Waals surface area contributed by atoms with Gasteiger partial charge in [0.25, 0.3) is 0 Å². The lowest BCUT2D eigenvalue weighted by Gasteiger charge is -2.04. The normalized spacial score (nSPS) is 10.4. The van der Waals surface area contributed by atoms with Crippen LogP contribution >= 0.6 is 0 Å². The number of hydrogen-bond acceptors (Lipinski definition) is 1. The average molecular weight is 191 g/mol. The van der Waals surface area contributed by atoms with Crippen LogP contribution in [0, 0.1) is 6.92 Å². The van der Waals surface area contributed by atoms with Crippen LogP contribution in [0.3, 0.4) is 0 Å². The van der Waals surface area contributed by atoms with Crippen LogP contribution < -0.4 is 5.73 Å². The molecular formula is C13H21N. The molecule has 14 heavy (non-hydrogen) atoms. The first-order chi connectivity index (χ1) is 6.74. The zero-order valence-corrected chi connectivity index (χ0v) is 9.34. The summed E-state index contributed by atoms with van der Waals surface area (Å²) in [5, 5.41) is 0. The quantitative estimate of drug-likeness (QED) is 0.557. The van der Waals surface area contributed by atoms with Crippen molar-refractivity contribution >= 4 is 5.69 Å². The van der Waals surface area contributed by atoms with Crippen molar-refractivity contribution in [2.24, 2.45) is 0 Å². The Morgan fingerprint density at radius 2 is 1.93 bits per heavy atom. The molecule has 78 valence electrons. The van der Waals surface area contributed by atoms with E-state index in [1.54, 1.807) is 0 Å².